The van der Waals surface area contributed by atoms with E-state index in [1.54, 1.807) is 26.0 Å². The first-order chi connectivity index (χ1) is 8.99. The molecule has 0 amide bonds. The predicted octanol–water partition coefficient (Wildman–Crippen LogP) is 3.99. The molecule has 1 N–H and O–H groups in total. The molecule has 0 aliphatic heterocycles. The van der Waals surface area contributed by atoms with Crippen molar-refractivity contribution in [3.8, 4) is 0 Å². The summed E-state index contributed by atoms with van der Waals surface area (Å²) in [6.07, 6.45) is 0.811. The Bertz CT molecular complexity index is 437. The van der Waals surface area contributed by atoms with Gasteiger partial charge in [-0.2, -0.15) is 0 Å². The maximum atomic E-state index is 11.6. The van der Waals surface area contributed by atoms with Crippen LogP contribution >= 0.6 is 23.2 Å². The largest absolute Gasteiger partial charge is 0.465 e. The molecule has 0 saturated heterocycles. The van der Waals surface area contributed by atoms with Crippen molar-refractivity contribution in [2.75, 3.05) is 6.61 Å². The first kappa shape index (κ1) is 16.3. The van der Waals surface area contributed by atoms with Crippen LogP contribution in [-0.2, 0) is 9.53 Å². The lowest BCUT2D eigenvalue weighted by Gasteiger charge is -2.22. The van der Waals surface area contributed by atoms with E-state index in [1.807, 2.05) is 13.0 Å². The summed E-state index contributed by atoms with van der Waals surface area (Å²) in [7, 11) is 0. The lowest BCUT2D eigenvalue weighted by molar-refractivity contribution is -0.145. The Morgan fingerprint density at radius 1 is 1.37 bits per heavy atom. The third kappa shape index (κ3) is 4.68. The van der Waals surface area contributed by atoms with Crippen molar-refractivity contribution in [2.24, 2.45) is 0 Å². The highest BCUT2D eigenvalue weighted by molar-refractivity contribution is 6.35. The Labute approximate surface area is 124 Å². The van der Waals surface area contributed by atoms with Gasteiger partial charge in [-0.05, 0) is 38.0 Å². The summed E-state index contributed by atoms with van der Waals surface area (Å²) >= 11 is 12.1. The van der Waals surface area contributed by atoms with Crippen LogP contribution in [0.2, 0.25) is 10.0 Å². The Kier molecular flexibility index (Phi) is 6.63. The Hall–Kier alpha value is -0.770. The van der Waals surface area contributed by atoms with Crippen LogP contribution in [0.1, 0.15) is 38.8 Å². The lowest BCUT2D eigenvalue weighted by Crippen LogP contribution is -2.38. The molecule has 2 atom stereocenters. The zero-order valence-electron chi connectivity index (χ0n) is 11.4. The van der Waals surface area contributed by atoms with Gasteiger partial charge < -0.3 is 4.74 Å². The van der Waals surface area contributed by atoms with Crippen LogP contribution in [-0.4, -0.2) is 18.6 Å². The summed E-state index contributed by atoms with van der Waals surface area (Å²) in [6, 6.07) is 4.99. The van der Waals surface area contributed by atoms with E-state index >= 15 is 0 Å². The average molecular weight is 304 g/mol. The van der Waals surface area contributed by atoms with E-state index in [9.17, 15) is 4.79 Å². The fraction of sp³-hybridized carbons (Fsp3) is 0.500. The van der Waals surface area contributed by atoms with Gasteiger partial charge in [-0.25, -0.2) is 0 Å². The summed E-state index contributed by atoms with van der Waals surface area (Å²) in [5, 5.41) is 4.42. The number of halogens is 2. The summed E-state index contributed by atoms with van der Waals surface area (Å²) < 4.78 is 4.98. The van der Waals surface area contributed by atoms with Gasteiger partial charge in [0.25, 0.3) is 0 Å². The van der Waals surface area contributed by atoms with E-state index in [0.29, 0.717) is 16.7 Å². The van der Waals surface area contributed by atoms with Crippen LogP contribution in [0.4, 0.5) is 0 Å². The van der Waals surface area contributed by atoms with Crippen molar-refractivity contribution in [3.05, 3.63) is 33.8 Å². The van der Waals surface area contributed by atoms with Gasteiger partial charge >= 0.3 is 5.97 Å². The molecule has 0 saturated carbocycles. The number of benzene rings is 1. The zero-order valence-corrected chi connectivity index (χ0v) is 12.9. The van der Waals surface area contributed by atoms with E-state index in [2.05, 4.69) is 5.32 Å². The molecule has 19 heavy (non-hydrogen) atoms. The maximum Gasteiger partial charge on any atom is 0.322 e. The van der Waals surface area contributed by atoms with Crippen LogP contribution in [0, 0.1) is 0 Å². The molecule has 0 aromatic heterocycles. The monoisotopic (exact) mass is 303 g/mol. The van der Waals surface area contributed by atoms with Crippen molar-refractivity contribution in [1.82, 2.24) is 5.32 Å². The second kappa shape index (κ2) is 7.73. The molecule has 5 heteroatoms. The first-order valence-corrected chi connectivity index (χ1v) is 7.12. The van der Waals surface area contributed by atoms with Crippen LogP contribution in [0.25, 0.3) is 0 Å². The van der Waals surface area contributed by atoms with Gasteiger partial charge in [-0.3, -0.25) is 10.1 Å². The average Bonchev–Trinajstić information content (AvgIpc) is 2.36. The molecule has 1 aromatic carbocycles. The molecule has 3 nitrogen and oxygen atoms in total. The van der Waals surface area contributed by atoms with Gasteiger partial charge in [-0.1, -0.05) is 36.2 Å². The highest BCUT2D eigenvalue weighted by atomic mass is 35.5. The number of hydrogen-bond donors (Lipinski definition) is 1. The topological polar surface area (TPSA) is 38.3 Å². The van der Waals surface area contributed by atoms with Crippen molar-refractivity contribution < 1.29 is 9.53 Å². The Morgan fingerprint density at radius 2 is 2.05 bits per heavy atom. The third-order valence-electron chi connectivity index (χ3n) is 2.84. The fourth-order valence-corrected chi connectivity index (χ4v) is 2.39. The number of carbonyl (C=O) groups is 1. The minimum absolute atomic E-state index is 0.0100. The number of nitrogens with one attached hydrogen (secondary N) is 1. The van der Waals surface area contributed by atoms with Gasteiger partial charge in [0.15, 0.2) is 0 Å². The molecule has 1 aromatic rings. The molecule has 0 aliphatic carbocycles. The van der Waals surface area contributed by atoms with Crippen LogP contribution in [0.5, 0.6) is 0 Å². The normalized spacial score (nSPS) is 13.9. The Balaban J connectivity index is 2.80. The molecule has 0 bridgehead atoms. The van der Waals surface area contributed by atoms with Crippen molar-refractivity contribution >= 4 is 29.2 Å². The first-order valence-electron chi connectivity index (χ1n) is 6.37. The van der Waals surface area contributed by atoms with Crippen LogP contribution < -0.4 is 5.32 Å². The molecule has 0 radical (unpaired) electrons. The summed E-state index contributed by atoms with van der Waals surface area (Å²) in [6.45, 7) is 5.98. The molecule has 0 heterocycles. The molecular weight excluding hydrogens is 285 g/mol. The molecule has 0 spiro atoms. The van der Waals surface area contributed by atoms with Gasteiger partial charge in [0.2, 0.25) is 0 Å². The number of ether oxygens (including phenoxy) is 1. The molecular formula is C14H19Cl2NO2. The molecule has 1 rings (SSSR count). The van der Waals surface area contributed by atoms with E-state index < -0.39 is 0 Å². The van der Waals surface area contributed by atoms with Crippen molar-refractivity contribution in [1.29, 1.82) is 0 Å². The van der Waals surface area contributed by atoms with Crippen LogP contribution in [0.15, 0.2) is 18.2 Å². The summed E-state index contributed by atoms with van der Waals surface area (Å²) in [4.78, 5) is 11.6. The molecule has 2 unspecified atom stereocenters. The smallest absolute Gasteiger partial charge is 0.322 e. The van der Waals surface area contributed by atoms with Crippen molar-refractivity contribution in [3.63, 3.8) is 0 Å². The summed E-state index contributed by atoms with van der Waals surface area (Å²) in [5.41, 5.74) is 0.935. The molecule has 106 valence electrons. The zero-order chi connectivity index (χ0) is 14.4. The standard InChI is InChI=1S/C14H19Cl2NO2/c1-4-13(17-9(3)14(18)19-5-2)11-7-6-10(15)8-12(11)16/h6-9,13,17H,4-5H2,1-3H3. The van der Waals surface area contributed by atoms with E-state index in [0.717, 1.165) is 12.0 Å². The minimum atomic E-state index is -0.378. The molecule has 0 fully saturated rings. The van der Waals surface area contributed by atoms with Gasteiger partial charge in [-0.15, -0.1) is 0 Å². The highest BCUT2D eigenvalue weighted by Gasteiger charge is 2.20. The molecule has 0 aliphatic rings. The van der Waals surface area contributed by atoms with Crippen molar-refractivity contribution in [2.45, 2.75) is 39.3 Å². The number of carbonyl (C=O) groups excluding carboxylic acids is 1. The predicted molar refractivity (Wildman–Crippen MR) is 78.7 cm³/mol. The van der Waals surface area contributed by atoms with E-state index in [1.165, 1.54) is 0 Å². The Morgan fingerprint density at radius 3 is 2.58 bits per heavy atom. The second-order valence-electron chi connectivity index (χ2n) is 4.27. The number of esters is 1. The van der Waals surface area contributed by atoms with E-state index in [-0.39, 0.29) is 18.1 Å². The lowest BCUT2D eigenvalue weighted by atomic mass is 10.0. The third-order valence-corrected chi connectivity index (χ3v) is 3.40. The van der Waals surface area contributed by atoms with Gasteiger partial charge in [0.1, 0.15) is 6.04 Å². The van der Waals surface area contributed by atoms with E-state index in [4.69, 9.17) is 27.9 Å². The fourth-order valence-electron chi connectivity index (χ4n) is 1.85. The SMILES string of the molecule is CCOC(=O)C(C)NC(CC)c1ccc(Cl)cc1Cl. The van der Waals surface area contributed by atoms with Crippen LogP contribution in [0.3, 0.4) is 0 Å². The highest BCUT2D eigenvalue weighted by Crippen LogP contribution is 2.28. The number of hydrogen-bond acceptors (Lipinski definition) is 3. The van der Waals surface area contributed by atoms with Gasteiger partial charge in [0, 0.05) is 16.1 Å². The second-order valence-corrected chi connectivity index (χ2v) is 5.11. The number of rotatable bonds is 6. The maximum absolute atomic E-state index is 11.6. The summed E-state index contributed by atoms with van der Waals surface area (Å²) in [5.74, 6) is -0.258. The quantitative estimate of drug-likeness (QED) is 0.808. The van der Waals surface area contributed by atoms with Gasteiger partial charge in [0.05, 0.1) is 6.61 Å². The minimum Gasteiger partial charge on any atom is -0.465 e.